The van der Waals surface area contributed by atoms with Crippen LogP contribution in [0.3, 0.4) is 0 Å². The van der Waals surface area contributed by atoms with Crippen molar-refractivity contribution >= 4 is 11.9 Å². The van der Waals surface area contributed by atoms with Crippen LogP contribution in [0.25, 0.3) is 0 Å². The van der Waals surface area contributed by atoms with E-state index in [9.17, 15) is 14.7 Å². The Balaban J connectivity index is 3.37. The molecule has 0 atom stereocenters. The van der Waals surface area contributed by atoms with Gasteiger partial charge in [-0.25, -0.2) is 0 Å². The number of carboxylic acid groups (broad SMARTS) is 1. The minimum Gasteiger partial charge on any atom is -0.550 e. The van der Waals surface area contributed by atoms with Gasteiger partial charge in [-0.05, 0) is 6.42 Å². The van der Waals surface area contributed by atoms with E-state index in [1.54, 1.807) is 0 Å². The van der Waals surface area contributed by atoms with Crippen LogP contribution < -0.4 is 10.4 Å². The lowest BCUT2D eigenvalue weighted by Gasteiger charge is -2.01. The summed E-state index contributed by atoms with van der Waals surface area (Å²) >= 11 is 0. The average molecular weight is 156 g/mol. The van der Waals surface area contributed by atoms with Crippen molar-refractivity contribution in [2.75, 3.05) is 6.54 Å². The number of carboxylic acids is 1. The number of hydrogen-bond donors (Lipinski definition) is 1. The van der Waals surface area contributed by atoms with Crippen LogP contribution >= 0.6 is 0 Å². The third kappa shape index (κ3) is 6.57. The molecular weight excluding hydrogens is 146 g/mol. The first kappa shape index (κ1) is 9.68. The smallest absolute Gasteiger partial charge is 0.220 e. The van der Waals surface area contributed by atoms with Crippen molar-refractivity contribution in [2.45, 2.75) is 12.8 Å². The molecule has 0 aromatic carbocycles. The van der Waals surface area contributed by atoms with Gasteiger partial charge in [0.05, 0.1) is 0 Å². The number of amides is 1. The fourth-order valence-corrected chi connectivity index (χ4v) is 0.490. The van der Waals surface area contributed by atoms with Crippen LogP contribution in [-0.2, 0) is 9.59 Å². The molecule has 0 aromatic heterocycles. The Bertz CT molecular complexity index is 165. The Morgan fingerprint density at radius 2 is 2.09 bits per heavy atom. The van der Waals surface area contributed by atoms with Crippen molar-refractivity contribution in [3.8, 4) is 0 Å². The molecule has 0 spiro atoms. The summed E-state index contributed by atoms with van der Waals surface area (Å²) in [7, 11) is 0. The predicted molar refractivity (Wildman–Crippen MR) is 37.4 cm³/mol. The highest BCUT2D eigenvalue weighted by atomic mass is 16.4. The molecule has 0 aromatic rings. The molecular formula is C7H10NO3-. The van der Waals surface area contributed by atoms with E-state index in [0.717, 1.165) is 0 Å². The third-order valence-electron chi connectivity index (χ3n) is 1.000. The second-order valence-corrected chi connectivity index (χ2v) is 1.96. The lowest BCUT2D eigenvalue weighted by atomic mass is 10.3. The van der Waals surface area contributed by atoms with Crippen LogP contribution in [0, 0.1) is 0 Å². The molecule has 1 amide bonds. The molecule has 0 radical (unpaired) electrons. The van der Waals surface area contributed by atoms with Crippen molar-refractivity contribution in [3.05, 3.63) is 12.7 Å². The summed E-state index contributed by atoms with van der Waals surface area (Å²) in [6.45, 7) is 3.75. The van der Waals surface area contributed by atoms with E-state index < -0.39 is 5.97 Å². The quantitative estimate of drug-likeness (QED) is 0.509. The minimum atomic E-state index is -1.21. The first-order valence-corrected chi connectivity index (χ1v) is 3.24. The normalized spacial score (nSPS) is 8.73. The van der Waals surface area contributed by atoms with Gasteiger partial charge in [0.25, 0.3) is 0 Å². The minimum absolute atomic E-state index is 0.0316. The summed E-state index contributed by atoms with van der Waals surface area (Å²) < 4.78 is 0. The molecule has 0 aliphatic rings. The molecule has 0 saturated carbocycles. The van der Waals surface area contributed by atoms with Crippen molar-refractivity contribution < 1.29 is 14.7 Å². The lowest BCUT2D eigenvalue weighted by Crippen LogP contribution is -2.27. The van der Waals surface area contributed by atoms with Crippen LogP contribution in [0.5, 0.6) is 0 Å². The van der Waals surface area contributed by atoms with E-state index >= 15 is 0 Å². The van der Waals surface area contributed by atoms with Gasteiger partial charge in [-0.15, -0.1) is 6.58 Å². The molecule has 11 heavy (non-hydrogen) atoms. The van der Waals surface area contributed by atoms with Gasteiger partial charge >= 0.3 is 0 Å². The van der Waals surface area contributed by atoms with Gasteiger partial charge in [-0.3, -0.25) is 4.79 Å². The van der Waals surface area contributed by atoms with E-state index in [2.05, 4.69) is 11.9 Å². The van der Waals surface area contributed by atoms with Crippen LogP contribution in [0.4, 0.5) is 0 Å². The zero-order valence-electron chi connectivity index (χ0n) is 6.13. The van der Waals surface area contributed by atoms with Crippen molar-refractivity contribution in [1.29, 1.82) is 0 Å². The van der Waals surface area contributed by atoms with Gasteiger partial charge < -0.3 is 15.2 Å². The van der Waals surface area contributed by atoms with E-state index in [4.69, 9.17) is 0 Å². The predicted octanol–water partition coefficient (Wildman–Crippen LogP) is -1.18. The number of rotatable bonds is 5. The Morgan fingerprint density at radius 1 is 1.45 bits per heavy atom. The Kier molecular flexibility index (Phi) is 4.81. The van der Waals surface area contributed by atoms with E-state index in [-0.39, 0.29) is 18.7 Å². The summed E-state index contributed by atoms with van der Waals surface area (Å²) in [5, 5.41) is 12.3. The molecule has 0 bridgehead atoms. The standard InChI is InChI=1S/C7H11NO3/c1-2-5-8-6(9)3-4-7(10)11/h2H,1,3-5H2,(H,8,9)(H,10,11)/p-1. The number of carbonyl (C=O) groups is 2. The highest BCUT2D eigenvalue weighted by molar-refractivity contribution is 5.80. The zero-order chi connectivity index (χ0) is 8.69. The van der Waals surface area contributed by atoms with Crippen molar-refractivity contribution in [2.24, 2.45) is 0 Å². The molecule has 0 heterocycles. The van der Waals surface area contributed by atoms with E-state index in [0.29, 0.717) is 6.54 Å². The number of carbonyl (C=O) groups excluding carboxylic acids is 2. The van der Waals surface area contributed by atoms with E-state index in [1.807, 2.05) is 0 Å². The first-order chi connectivity index (χ1) is 5.16. The summed E-state index contributed by atoms with van der Waals surface area (Å²) in [4.78, 5) is 20.5. The lowest BCUT2D eigenvalue weighted by molar-refractivity contribution is -0.305. The Hall–Kier alpha value is -1.32. The first-order valence-electron chi connectivity index (χ1n) is 3.24. The molecule has 0 fully saturated rings. The summed E-state index contributed by atoms with van der Waals surface area (Å²) in [6, 6.07) is 0. The van der Waals surface area contributed by atoms with Gasteiger partial charge in [0.1, 0.15) is 0 Å². The maximum Gasteiger partial charge on any atom is 0.220 e. The number of nitrogens with one attached hydrogen (secondary N) is 1. The van der Waals surface area contributed by atoms with Crippen molar-refractivity contribution in [3.63, 3.8) is 0 Å². The van der Waals surface area contributed by atoms with Crippen LogP contribution in [-0.4, -0.2) is 18.4 Å². The average Bonchev–Trinajstić information content (AvgIpc) is 1.97. The summed E-state index contributed by atoms with van der Waals surface area (Å²) in [5.41, 5.74) is 0. The monoisotopic (exact) mass is 156 g/mol. The highest BCUT2D eigenvalue weighted by Crippen LogP contribution is 1.85. The molecule has 4 nitrogen and oxygen atoms in total. The fraction of sp³-hybridized carbons (Fsp3) is 0.429. The van der Waals surface area contributed by atoms with Gasteiger partial charge in [0.15, 0.2) is 0 Å². The van der Waals surface area contributed by atoms with Crippen LogP contribution in [0.1, 0.15) is 12.8 Å². The van der Waals surface area contributed by atoms with Gasteiger partial charge in [0, 0.05) is 18.9 Å². The summed E-state index contributed by atoms with van der Waals surface area (Å²) in [6.07, 6.45) is 1.26. The fourth-order valence-electron chi connectivity index (χ4n) is 0.490. The second-order valence-electron chi connectivity index (χ2n) is 1.96. The Morgan fingerprint density at radius 3 is 2.55 bits per heavy atom. The molecule has 0 aliphatic heterocycles. The maximum absolute atomic E-state index is 10.7. The molecule has 0 unspecified atom stereocenters. The molecule has 1 N–H and O–H groups in total. The zero-order valence-corrected chi connectivity index (χ0v) is 6.13. The van der Waals surface area contributed by atoms with Crippen LogP contribution in [0.15, 0.2) is 12.7 Å². The van der Waals surface area contributed by atoms with Gasteiger partial charge in [-0.2, -0.15) is 0 Å². The van der Waals surface area contributed by atoms with Gasteiger partial charge in [0.2, 0.25) is 5.91 Å². The maximum atomic E-state index is 10.7. The summed E-state index contributed by atoms with van der Waals surface area (Å²) in [5.74, 6) is -1.51. The molecule has 0 rings (SSSR count). The Labute approximate surface area is 64.9 Å². The molecule has 0 aliphatic carbocycles. The molecule has 4 heteroatoms. The third-order valence-corrected chi connectivity index (χ3v) is 1.000. The highest BCUT2D eigenvalue weighted by Gasteiger charge is 1.97. The molecule has 0 saturated heterocycles. The largest absolute Gasteiger partial charge is 0.550 e. The van der Waals surface area contributed by atoms with Crippen LogP contribution in [0.2, 0.25) is 0 Å². The SMILES string of the molecule is C=CCNC(=O)CCC(=O)[O-]. The van der Waals surface area contributed by atoms with Crippen molar-refractivity contribution in [1.82, 2.24) is 5.32 Å². The molecule has 62 valence electrons. The topological polar surface area (TPSA) is 69.2 Å². The van der Waals surface area contributed by atoms with Gasteiger partial charge in [-0.1, -0.05) is 6.08 Å². The number of aliphatic carboxylic acids is 1. The number of hydrogen-bond acceptors (Lipinski definition) is 3. The second kappa shape index (κ2) is 5.46. The van der Waals surface area contributed by atoms with E-state index in [1.165, 1.54) is 6.08 Å².